The van der Waals surface area contributed by atoms with Gasteiger partial charge in [0.15, 0.2) is 0 Å². The molecule has 3 aromatic heterocycles. The monoisotopic (exact) mass is 359 g/mol. The minimum atomic E-state index is 0.384. The zero-order chi connectivity index (χ0) is 18.2. The average Bonchev–Trinajstić information content (AvgIpc) is 3.20. The first-order valence-electron chi connectivity index (χ1n) is 8.78. The van der Waals surface area contributed by atoms with Crippen molar-refractivity contribution in [1.29, 1.82) is 0 Å². The second-order valence-electron chi connectivity index (χ2n) is 6.66. The molecule has 0 spiro atoms. The van der Waals surface area contributed by atoms with Crippen molar-refractivity contribution in [1.82, 2.24) is 29.7 Å². The van der Waals surface area contributed by atoms with Crippen LogP contribution >= 0.6 is 0 Å². The summed E-state index contributed by atoms with van der Waals surface area (Å²) in [4.78, 5) is 17.3. The van der Waals surface area contributed by atoms with Crippen molar-refractivity contribution >= 4 is 5.82 Å². The lowest BCUT2D eigenvalue weighted by molar-refractivity contribution is 0.432. The van der Waals surface area contributed by atoms with Crippen LogP contribution in [0, 0.1) is 0 Å². The normalized spacial score (nSPS) is 13.8. The first kappa shape index (κ1) is 15.7. The molecular formula is C19H17N7O. The van der Waals surface area contributed by atoms with Crippen LogP contribution < -0.4 is 5.73 Å². The molecule has 3 heterocycles. The van der Waals surface area contributed by atoms with Gasteiger partial charge in [-0.2, -0.15) is 4.98 Å². The largest absolute Gasteiger partial charge is 0.383 e. The van der Waals surface area contributed by atoms with Crippen LogP contribution in [0.1, 0.15) is 30.1 Å². The van der Waals surface area contributed by atoms with Crippen LogP contribution in [0.15, 0.2) is 53.7 Å². The van der Waals surface area contributed by atoms with Gasteiger partial charge in [-0.25, -0.2) is 15.0 Å². The lowest BCUT2D eigenvalue weighted by Gasteiger charge is -2.03. The highest BCUT2D eigenvalue weighted by molar-refractivity contribution is 5.68. The van der Waals surface area contributed by atoms with Crippen LogP contribution in [0.3, 0.4) is 0 Å². The standard InChI is InChI=1S/C19H17N7O/c20-16-15(9-22-17(23-16)13-5-6-13)18-24-19(27-25-18)14-3-1-12(2-4-14)10-26-8-7-21-11-26/h1-4,7-9,11,13H,5-6,10H2,(H2,20,22,23). The van der Waals surface area contributed by atoms with E-state index in [1.165, 1.54) is 0 Å². The third kappa shape index (κ3) is 3.17. The molecule has 0 aliphatic heterocycles. The molecule has 0 radical (unpaired) electrons. The van der Waals surface area contributed by atoms with E-state index in [9.17, 15) is 0 Å². The van der Waals surface area contributed by atoms with Gasteiger partial charge in [-0.1, -0.05) is 17.3 Å². The van der Waals surface area contributed by atoms with Crippen molar-refractivity contribution in [3.05, 3.63) is 60.6 Å². The molecule has 5 rings (SSSR count). The molecule has 4 aromatic rings. The van der Waals surface area contributed by atoms with Crippen molar-refractivity contribution in [2.45, 2.75) is 25.3 Å². The van der Waals surface area contributed by atoms with Gasteiger partial charge in [0.05, 0.1) is 11.9 Å². The average molecular weight is 359 g/mol. The summed E-state index contributed by atoms with van der Waals surface area (Å²) >= 11 is 0. The lowest BCUT2D eigenvalue weighted by Crippen LogP contribution is -2.01. The number of aromatic nitrogens is 6. The Labute approximate surface area is 155 Å². The molecule has 134 valence electrons. The molecule has 1 aliphatic carbocycles. The Kier molecular flexibility index (Phi) is 3.67. The van der Waals surface area contributed by atoms with Crippen LogP contribution in [-0.2, 0) is 6.54 Å². The van der Waals surface area contributed by atoms with E-state index in [4.69, 9.17) is 10.3 Å². The highest BCUT2D eigenvalue weighted by atomic mass is 16.5. The van der Waals surface area contributed by atoms with Gasteiger partial charge in [-0.15, -0.1) is 0 Å². The molecule has 8 heteroatoms. The first-order chi connectivity index (χ1) is 13.3. The van der Waals surface area contributed by atoms with Crippen molar-refractivity contribution in [3.63, 3.8) is 0 Å². The number of hydrogen-bond acceptors (Lipinski definition) is 7. The number of hydrogen-bond donors (Lipinski definition) is 1. The first-order valence-corrected chi connectivity index (χ1v) is 8.78. The van der Waals surface area contributed by atoms with E-state index in [0.29, 0.717) is 29.0 Å². The molecule has 27 heavy (non-hydrogen) atoms. The van der Waals surface area contributed by atoms with Crippen molar-refractivity contribution < 1.29 is 4.52 Å². The topological polar surface area (TPSA) is 109 Å². The lowest BCUT2D eigenvalue weighted by atomic mass is 10.1. The molecule has 1 saturated carbocycles. The predicted octanol–water partition coefficient (Wildman–Crippen LogP) is 2.90. The zero-order valence-corrected chi connectivity index (χ0v) is 14.5. The Bertz CT molecular complexity index is 1070. The molecule has 0 amide bonds. The third-order valence-electron chi connectivity index (χ3n) is 4.57. The summed E-state index contributed by atoms with van der Waals surface area (Å²) in [5.41, 5.74) is 8.66. The number of rotatable bonds is 5. The second-order valence-corrected chi connectivity index (χ2v) is 6.66. The second kappa shape index (κ2) is 6.31. The maximum atomic E-state index is 6.07. The summed E-state index contributed by atoms with van der Waals surface area (Å²) in [7, 11) is 0. The molecule has 0 unspecified atom stereocenters. The Morgan fingerprint density at radius 2 is 2.00 bits per heavy atom. The predicted molar refractivity (Wildman–Crippen MR) is 98.5 cm³/mol. The highest BCUT2D eigenvalue weighted by Crippen LogP contribution is 2.38. The minimum absolute atomic E-state index is 0.384. The van der Waals surface area contributed by atoms with E-state index in [1.54, 1.807) is 18.7 Å². The summed E-state index contributed by atoms with van der Waals surface area (Å²) in [5.74, 6) is 2.46. The Morgan fingerprint density at radius 3 is 2.70 bits per heavy atom. The van der Waals surface area contributed by atoms with Gasteiger partial charge in [-0.3, -0.25) is 0 Å². The van der Waals surface area contributed by atoms with Gasteiger partial charge in [0, 0.05) is 36.6 Å². The number of imidazole rings is 1. The van der Waals surface area contributed by atoms with Gasteiger partial charge >= 0.3 is 0 Å². The molecule has 1 aliphatic rings. The number of anilines is 1. The van der Waals surface area contributed by atoms with Crippen molar-refractivity contribution in [2.24, 2.45) is 0 Å². The van der Waals surface area contributed by atoms with Gasteiger partial charge in [-0.05, 0) is 30.5 Å². The van der Waals surface area contributed by atoms with Crippen molar-refractivity contribution in [3.8, 4) is 22.8 Å². The van der Waals surface area contributed by atoms with Crippen molar-refractivity contribution in [2.75, 3.05) is 5.73 Å². The molecule has 0 bridgehead atoms. The maximum Gasteiger partial charge on any atom is 0.258 e. The maximum absolute atomic E-state index is 6.07. The van der Waals surface area contributed by atoms with Gasteiger partial charge in [0.2, 0.25) is 5.82 Å². The summed E-state index contributed by atoms with van der Waals surface area (Å²) < 4.78 is 7.42. The summed E-state index contributed by atoms with van der Waals surface area (Å²) in [6.45, 7) is 0.760. The van der Waals surface area contributed by atoms with E-state index in [0.717, 1.165) is 36.3 Å². The number of nitrogens with two attached hydrogens (primary N) is 1. The number of benzene rings is 1. The van der Waals surface area contributed by atoms with E-state index < -0.39 is 0 Å². The highest BCUT2D eigenvalue weighted by Gasteiger charge is 2.27. The van der Waals surface area contributed by atoms with Gasteiger partial charge in [0.1, 0.15) is 11.6 Å². The SMILES string of the molecule is Nc1nc(C2CC2)ncc1-c1noc(-c2ccc(Cn3ccnc3)cc2)n1. The smallest absolute Gasteiger partial charge is 0.258 e. The minimum Gasteiger partial charge on any atom is -0.383 e. The summed E-state index contributed by atoms with van der Waals surface area (Å²) in [5, 5.41) is 4.04. The molecule has 0 atom stereocenters. The molecular weight excluding hydrogens is 342 g/mol. The van der Waals surface area contributed by atoms with E-state index in [1.807, 2.05) is 35.0 Å². The Morgan fingerprint density at radius 1 is 1.15 bits per heavy atom. The van der Waals surface area contributed by atoms with Crippen LogP contribution in [0.4, 0.5) is 5.82 Å². The quantitative estimate of drug-likeness (QED) is 0.583. The molecule has 2 N–H and O–H groups in total. The van der Waals surface area contributed by atoms with E-state index in [-0.39, 0.29) is 0 Å². The fourth-order valence-electron chi connectivity index (χ4n) is 2.91. The van der Waals surface area contributed by atoms with E-state index in [2.05, 4.69) is 25.1 Å². The van der Waals surface area contributed by atoms with Crippen LogP contribution in [-0.4, -0.2) is 29.7 Å². The van der Waals surface area contributed by atoms with Gasteiger partial charge in [0.25, 0.3) is 5.89 Å². The van der Waals surface area contributed by atoms with Crippen LogP contribution in [0.5, 0.6) is 0 Å². The number of nitrogens with zero attached hydrogens (tertiary/aromatic N) is 6. The molecule has 1 aromatic carbocycles. The Hall–Kier alpha value is -3.55. The zero-order valence-electron chi connectivity index (χ0n) is 14.5. The number of nitrogen functional groups attached to an aromatic ring is 1. The fraction of sp³-hybridized carbons (Fsp3) is 0.211. The van der Waals surface area contributed by atoms with Gasteiger partial charge < -0.3 is 14.8 Å². The fourth-order valence-corrected chi connectivity index (χ4v) is 2.91. The summed E-state index contributed by atoms with van der Waals surface area (Å²) in [6, 6.07) is 7.97. The third-order valence-corrected chi connectivity index (χ3v) is 4.57. The van der Waals surface area contributed by atoms with Crippen LogP contribution in [0.25, 0.3) is 22.8 Å². The molecule has 0 saturated heterocycles. The van der Waals surface area contributed by atoms with E-state index >= 15 is 0 Å². The Balaban J connectivity index is 1.37. The summed E-state index contributed by atoms with van der Waals surface area (Å²) in [6.07, 6.45) is 9.42. The molecule has 8 nitrogen and oxygen atoms in total. The molecule has 1 fully saturated rings. The van der Waals surface area contributed by atoms with Crippen LogP contribution in [0.2, 0.25) is 0 Å².